The largest absolute Gasteiger partial charge is 0.340 e. The molecule has 1 aromatic carbocycles. The molecule has 23 heavy (non-hydrogen) atoms. The normalized spacial score (nSPS) is 25.6. The predicted octanol–water partition coefficient (Wildman–Crippen LogP) is 0.422. The van der Waals surface area contributed by atoms with Gasteiger partial charge in [0.25, 0.3) is 20.2 Å². The monoisotopic (exact) mass is 366 g/mol. The van der Waals surface area contributed by atoms with Gasteiger partial charge in [0.05, 0.1) is 25.7 Å². The van der Waals surface area contributed by atoms with E-state index in [4.69, 9.17) is 17.8 Å². The number of ether oxygens (including phenoxy) is 2. The lowest BCUT2D eigenvalue weighted by molar-refractivity contribution is -0.0750. The van der Waals surface area contributed by atoms with Crippen molar-refractivity contribution in [2.24, 2.45) is 0 Å². The maximum Gasteiger partial charge on any atom is 0.264 e. The van der Waals surface area contributed by atoms with Gasteiger partial charge in [-0.3, -0.25) is 8.37 Å². The SMILES string of the molecule is CS(=O)(=O)OCC1OC(c2ccccc2)OC1COS(C)(=O)=O. The van der Waals surface area contributed by atoms with Gasteiger partial charge in [0, 0.05) is 5.56 Å². The molecular formula is C13H18O8S2. The summed E-state index contributed by atoms with van der Waals surface area (Å²) in [5.41, 5.74) is 0.721. The number of rotatable bonds is 7. The summed E-state index contributed by atoms with van der Waals surface area (Å²) in [7, 11) is -7.31. The molecule has 1 heterocycles. The van der Waals surface area contributed by atoms with E-state index >= 15 is 0 Å². The highest BCUT2D eigenvalue weighted by Crippen LogP contribution is 2.31. The molecule has 2 unspecified atom stereocenters. The fourth-order valence-electron chi connectivity index (χ4n) is 1.97. The quantitative estimate of drug-likeness (QED) is 0.640. The summed E-state index contributed by atoms with van der Waals surface area (Å²) in [5, 5.41) is 0. The van der Waals surface area contributed by atoms with Crippen LogP contribution in [-0.4, -0.2) is 54.8 Å². The second-order valence-corrected chi connectivity index (χ2v) is 8.36. The zero-order chi connectivity index (χ0) is 17.1. The van der Waals surface area contributed by atoms with Crippen molar-refractivity contribution in [2.45, 2.75) is 18.5 Å². The molecule has 0 saturated carbocycles. The van der Waals surface area contributed by atoms with Crippen molar-refractivity contribution in [1.82, 2.24) is 0 Å². The van der Waals surface area contributed by atoms with Crippen LogP contribution in [-0.2, 0) is 38.1 Å². The maximum absolute atomic E-state index is 11.1. The van der Waals surface area contributed by atoms with Crippen molar-refractivity contribution < 1.29 is 34.7 Å². The third kappa shape index (κ3) is 6.16. The minimum atomic E-state index is -3.66. The standard InChI is InChI=1S/C13H18O8S2/c1-22(14,15)18-8-11-12(9-19-23(2,16)17)21-13(20-11)10-6-4-3-5-7-10/h3-7,11-13H,8-9H2,1-2H3. The summed E-state index contributed by atoms with van der Waals surface area (Å²) in [6.07, 6.45) is -0.482. The summed E-state index contributed by atoms with van der Waals surface area (Å²) >= 11 is 0. The highest BCUT2D eigenvalue weighted by Gasteiger charge is 2.38. The molecule has 2 rings (SSSR count). The highest BCUT2D eigenvalue weighted by atomic mass is 32.2. The van der Waals surface area contributed by atoms with Crippen molar-refractivity contribution in [3.05, 3.63) is 35.9 Å². The van der Waals surface area contributed by atoms with Gasteiger partial charge < -0.3 is 9.47 Å². The molecule has 1 fully saturated rings. The molecule has 1 saturated heterocycles. The van der Waals surface area contributed by atoms with Crippen LogP contribution in [0.2, 0.25) is 0 Å². The fourth-order valence-corrected chi connectivity index (χ4v) is 2.73. The van der Waals surface area contributed by atoms with Gasteiger partial charge in [-0.2, -0.15) is 16.8 Å². The molecule has 0 spiro atoms. The lowest BCUT2D eigenvalue weighted by atomic mass is 10.2. The van der Waals surface area contributed by atoms with Crippen molar-refractivity contribution in [3.63, 3.8) is 0 Å². The third-order valence-electron chi connectivity index (χ3n) is 2.98. The Hall–Kier alpha value is -1.04. The molecular weight excluding hydrogens is 348 g/mol. The van der Waals surface area contributed by atoms with E-state index in [0.717, 1.165) is 18.1 Å². The smallest absolute Gasteiger partial charge is 0.264 e. The highest BCUT2D eigenvalue weighted by molar-refractivity contribution is 7.86. The van der Waals surface area contributed by atoms with Crippen LogP contribution in [0.1, 0.15) is 11.9 Å². The molecule has 0 bridgehead atoms. The van der Waals surface area contributed by atoms with E-state index in [1.165, 1.54) is 0 Å². The molecule has 10 heteroatoms. The van der Waals surface area contributed by atoms with E-state index in [2.05, 4.69) is 0 Å². The third-order valence-corrected chi connectivity index (χ3v) is 4.10. The first kappa shape index (κ1) is 18.3. The van der Waals surface area contributed by atoms with E-state index in [-0.39, 0.29) is 13.2 Å². The molecule has 0 amide bonds. The second-order valence-electron chi connectivity index (χ2n) is 5.07. The van der Waals surface area contributed by atoms with Crippen LogP contribution in [0.15, 0.2) is 30.3 Å². The molecule has 130 valence electrons. The first-order valence-corrected chi connectivity index (χ1v) is 10.3. The number of benzene rings is 1. The van der Waals surface area contributed by atoms with Crippen LogP contribution in [0.4, 0.5) is 0 Å². The average molecular weight is 366 g/mol. The Bertz CT molecular complexity index is 670. The molecule has 0 N–H and O–H groups in total. The van der Waals surface area contributed by atoms with Gasteiger partial charge in [-0.25, -0.2) is 0 Å². The Labute approximate surface area is 135 Å². The van der Waals surface area contributed by atoms with Gasteiger partial charge in [-0.1, -0.05) is 30.3 Å². The van der Waals surface area contributed by atoms with Gasteiger partial charge in [-0.15, -0.1) is 0 Å². The van der Waals surface area contributed by atoms with E-state index in [9.17, 15) is 16.8 Å². The van der Waals surface area contributed by atoms with Crippen LogP contribution in [0.3, 0.4) is 0 Å². The average Bonchev–Trinajstić information content (AvgIpc) is 2.86. The van der Waals surface area contributed by atoms with E-state index in [1.54, 1.807) is 24.3 Å². The molecule has 8 nitrogen and oxygen atoms in total. The summed E-state index contributed by atoms with van der Waals surface area (Å²) in [5.74, 6) is 0. The van der Waals surface area contributed by atoms with Crippen LogP contribution in [0, 0.1) is 0 Å². The lowest BCUT2D eigenvalue weighted by Crippen LogP contribution is -2.33. The Morgan fingerprint density at radius 3 is 1.70 bits per heavy atom. The Morgan fingerprint density at radius 1 is 0.870 bits per heavy atom. The molecule has 1 aromatic rings. The zero-order valence-electron chi connectivity index (χ0n) is 12.6. The Morgan fingerprint density at radius 2 is 1.30 bits per heavy atom. The van der Waals surface area contributed by atoms with Gasteiger partial charge in [0.1, 0.15) is 12.2 Å². The lowest BCUT2D eigenvalue weighted by Gasteiger charge is -2.15. The fraction of sp³-hybridized carbons (Fsp3) is 0.538. The first-order chi connectivity index (χ1) is 10.6. The van der Waals surface area contributed by atoms with E-state index in [1.807, 2.05) is 6.07 Å². The van der Waals surface area contributed by atoms with Crippen LogP contribution in [0.5, 0.6) is 0 Å². The minimum absolute atomic E-state index is 0.292. The summed E-state index contributed by atoms with van der Waals surface area (Å²) in [6, 6.07) is 8.97. The summed E-state index contributed by atoms with van der Waals surface area (Å²) in [6.45, 7) is -0.583. The summed E-state index contributed by atoms with van der Waals surface area (Å²) in [4.78, 5) is 0. The molecule has 2 atom stereocenters. The Balaban J connectivity index is 2.08. The number of hydrogen-bond donors (Lipinski definition) is 0. The molecule has 0 aliphatic carbocycles. The van der Waals surface area contributed by atoms with Crippen LogP contribution >= 0.6 is 0 Å². The first-order valence-electron chi connectivity index (χ1n) is 6.69. The Kier molecular flexibility index (Phi) is 5.76. The molecule has 0 aromatic heterocycles. The maximum atomic E-state index is 11.1. The van der Waals surface area contributed by atoms with Crippen molar-refractivity contribution in [1.29, 1.82) is 0 Å². The topological polar surface area (TPSA) is 105 Å². The van der Waals surface area contributed by atoms with Gasteiger partial charge in [0.15, 0.2) is 6.29 Å². The second kappa shape index (κ2) is 7.24. The molecule has 0 radical (unpaired) electrons. The molecule has 1 aliphatic rings. The van der Waals surface area contributed by atoms with Crippen molar-refractivity contribution in [3.8, 4) is 0 Å². The van der Waals surface area contributed by atoms with E-state index < -0.39 is 38.7 Å². The summed E-state index contributed by atoms with van der Waals surface area (Å²) < 4.78 is 65.2. The van der Waals surface area contributed by atoms with E-state index in [0.29, 0.717) is 0 Å². The zero-order valence-corrected chi connectivity index (χ0v) is 14.2. The van der Waals surface area contributed by atoms with Crippen LogP contribution < -0.4 is 0 Å². The van der Waals surface area contributed by atoms with Gasteiger partial charge in [-0.05, 0) is 0 Å². The molecule has 1 aliphatic heterocycles. The minimum Gasteiger partial charge on any atom is -0.340 e. The van der Waals surface area contributed by atoms with Gasteiger partial charge in [0.2, 0.25) is 0 Å². The van der Waals surface area contributed by atoms with Crippen LogP contribution in [0.25, 0.3) is 0 Å². The van der Waals surface area contributed by atoms with Crippen molar-refractivity contribution in [2.75, 3.05) is 25.7 Å². The predicted molar refractivity (Wildman–Crippen MR) is 80.5 cm³/mol. The van der Waals surface area contributed by atoms with Crippen molar-refractivity contribution >= 4 is 20.2 Å². The van der Waals surface area contributed by atoms with Gasteiger partial charge >= 0.3 is 0 Å². The number of hydrogen-bond acceptors (Lipinski definition) is 8.